The molecular weight excluding hydrogens is 318 g/mol. The molecule has 1 aliphatic carbocycles. The Hall–Kier alpha value is -2.37. The van der Waals surface area contributed by atoms with Crippen molar-refractivity contribution >= 4 is 23.4 Å². The lowest BCUT2D eigenvalue weighted by Gasteiger charge is -2.20. The second-order valence-electron chi connectivity index (χ2n) is 6.98. The molecule has 3 rings (SSSR count). The van der Waals surface area contributed by atoms with Crippen LogP contribution in [0.25, 0.3) is 0 Å². The SMILES string of the molecule is CN1CCC(NC(=O)c2cccc(NC(=O)C3CCCCC3)c2)C1=O. The zero-order valence-corrected chi connectivity index (χ0v) is 14.6. The van der Waals surface area contributed by atoms with E-state index in [0.29, 0.717) is 24.2 Å². The van der Waals surface area contributed by atoms with Crippen LogP contribution in [0, 0.1) is 5.92 Å². The number of rotatable bonds is 4. The minimum atomic E-state index is -0.460. The van der Waals surface area contributed by atoms with Gasteiger partial charge in [-0.15, -0.1) is 0 Å². The van der Waals surface area contributed by atoms with Crippen molar-refractivity contribution in [1.29, 1.82) is 0 Å². The molecule has 6 nitrogen and oxygen atoms in total. The van der Waals surface area contributed by atoms with E-state index in [0.717, 1.165) is 25.7 Å². The third kappa shape index (κ3) is 4.18. The van der Waals surface area contributed by atoms with Crippen LogP contribution in [-0.4, -0.2) is 42.3 Å². The summed E-state index contributed by atoms with van der Waals surface area (Å²) < 4.78 is 0. The van der Waals surface area contributed by atoms with E-state index in [4.69, 9.17) is 0 Å². The molecule has 2 fully saturated rings. The summed E-state index contributed by atoms with van der Waals surface area (Å²) >= 11 is 0. The normalized spacial score (nSPS) is 21.2. The Labute approximate surface area is 148 Å². The van der Waals surface area contributed by atoms with Gasteiger partial charge >= 0.3 is 0 Å². The average Bonchev–Trinajstić information content (AvgIpc) is 2.94. The van der Waals surface area contributed by atoms with Gasteiger partial charge in [-0.2, -0.15) is 0 Å². The summed E-state index contributed by atoms with van der Waals surface area (Å²) in [6, 6.07) is 6.42. The van der Waals surface area contributed by atoms with Gasteiger partial charge in [-0.1, -0.05) is 25.3 Å². The number of hydrogen-bond donors (Lipinski definition) is 2. The van der Waals surface area contributed by atoms with E-state index in [1.807, 2.05) is 0 Å². The first-order chi connectivity index (χ1) is 12.0. The van der Waals surface area contributed by atoms with Crippen LogP contribution in [0.15, 0.2) is 24.3 Å². The summed E-state index contributed by atoms with van der Waals surface area (Å²) in [6.45, 7) is 0.654. The van der Waals surface area contributed by atoms with Crippen molar-refractivity contribution < 1.29 is 14.4 Å². The van der Waals surface area contributed by atoms with Gasteiger partial charge in [0.1, 0.15) is 6.04 Å². The number of nitrogens with one attached hydrogen (secondary N) is 2. The molecule has 1 saturated heterocycles. The highest BCUT2D eigenvalue weighted by molar-refractivity contribution is 6.00. The van der Waals surface area contributed by atoms with Gasteiger partial charge in [0, 0.05) is 30.8 Å². The van der Waals surface area contributed by atoms with E-state index in [1.165, 1.54) is 6.42 Å². The van der Waals surface area contributed by atoms with E-state index in [2.05, 4.69) is 10.6 Å². The molecule has 1 aromatic carbocycles. The number of likely N-dealkylation sites (tertiary alicyclic amines) is 1. The van der Waals surface area contributed by atoms with E-state index in [1.54, 1.807) is 36.2 Å². The zero-order chi connectivity index (χ0) is 17.8. The highest BCUT2D eigenvalue weighted by atomic mass is 16.2. The first-order valence-corrected chi connectivity index (χ1v) is 9.01. The number of hydrogen-bond acceptors (Lipinski definition) is 3. The molecule has 2 N–H and O–H groups in total. The first-order valence-electron chi connectivity index (χ1n) is 9.01. The Morgan fingerprint density at radius 1 is 1.12 bits per heavy atom. The molecule has 1 unspecified atom stereocenters. The van der Waals surface area contributed by atoms with Crippen LogP contribution in [-0.2, 0) is 9.59 Å². The first kappa shape index (κ1) is 17.5. The number of benzene rings is 1. The van der Waals surface area contributed by atoms with Gasteiger partial charge in [-0.25, -0.2) is 0 Å². The molecular formula is C19H25N3O3. The smallest absolute Gasteiger partial charge is 0.252 e. The summed E-state index contributed by atoms with van der Waals surface area (Å²) in [4.78, 5) is 38.3. The molecule has 6 heteroatoms. The summed E-state index contributed by atoms with van der Waals surface area (Å²) in [6.07, 6.45) is 5.90. The quantitative estimate of drug-likeness (QED) is 0.879. The van der Waals surface area contributed by atoms with Crippen LogP contribution in [0.2, 0.25) is 0 Å². The number of carbonyl (C=O) groups is 3. The van der Waals surface area contributed by atoms with Crippen LogP contribution < -0.4 is 10.6 Å². The second kappa shape index (κ2) is 7.68. The minimum Gasteiger partial charge on any atom is -0.344 e. The van der Waals surface area contributed by atoms with Gasteiger partial charge in [-0.05, 0) is 37.5 Å². The van der Waals surface area contributed by atoms with Crippen LogP contribution in [0.1, 0.15) is 48.9 Å². The third-order valence-corrected chi connectivity index (χ3v) is 5.10. The highest BCUT2D eigenvalue weighted by Gasteiger charge is 2.30. The fourth-order valence-corrected chi connectivity index (χ4v) is 3.55. The van der Waals surface area contributed by atoms with Crippen molar-refractivity contribution in [3.8, 4) is 0 Å². The third-order valence-electron chi connectivity index (χ3n) is 5.10. The number of carbonyl (C=O) groups excluding carboxylic acids is 3. The number of amides is 3. The number of nitrogens with zero attached hydrogens (tertiary/aromatic N) is 1. The standard InChI is InChI=1S/C19H25N3O3/c1-22-11-10-16(19(22)25)21-18(24)14-8-5-9-15(12-14)20-17(23)13-6-3-2-4-7-13/h5,8-9,12-13,16H,2-4,6-7,10-11H2,1H3,(H,20,23)(H,21,24). The minimum absolute atomic E-state index is 0.0323. The maximum Gasteiger partial charge on any atom is 0.252 e. The van der Waals surface area contributed by atoms with Crippen molar-refractivity contribution in [2.24, 2.45) is 5.92 Å². The molecule has 1 atom stereocenters. The molecule has 3 amide bonds. The fraction of sp³-hybridized carbons (Fsp3) is 0.526. The molecule has 2 aliphatic rings. The molecule has 0 bridgehead atoms. The van der Waals surface area contributed by atoms with Gasteiger partial charge < -0.3 is 15.5 Å². The van der Waals surface area contributed by atoms with Gasteiger partial charge in [0.2, 0.25) is 11.8 Å². The molecule has 1 heterocycles. The van der Waals surface area contributed by atoms with E-state index >= 15 is 0 Å². The number of likely N-dealkylation sites (N-methyl/N-ethyl adjacent to an activating group) is 1. The van der Waals surface area contributed by atoms with Gasteiger partial charge in [0.15, 0.2) is 0 Å². The maximum atomic E-state index is 12.4. The van der Waals surface area contributed by atoms with Gasteiger partial charge in [0.25, 0.3) is 5.91 Å². The lowest BCUT2D eigenvalue weighted by atomic mass is 9.88. The van der Waals surface area contributed by atoms with Crippen molar-refractivity contribution in [1.82, 2.24) is 10.2 Å². The van der Waals surface area contributed by atoms with Crippen molar-refractivity contribution in [3.05, 3.63) is 29.8 Å². The molecule has 0 spiro atoms. The predicted molar refractivity (Wildman–Crippen MR) is 95.2 cm³/mol. The van der Waals surface area contributed by atoms with E-state index < -0.39 is 6.04 Å². The monoisotopic (exact) mass is 343 g/mol. The topological polar surface area (TPSA) is 78.5 Å². The van der Waals surface area contributed by atoms with E-state index in [-0.39, 0.29) is 23.6 Å². The average molecular weight is 343 g/mol. The summed E-state index contributed by atoms with van der Waals surface area (Å²) in [5.74, 6) is -0.250. The summed E-state index contributed by atoms with van der Waals surface area (Å²) in [7, 11) is 1.73. The Kier molecular flexibility index (Phi) is 5.36. The van der Waals surface area contributed by atoms with Gasteiger partial charge in [-0.3, -0.25) is 14.4 Å². The Balaban J connectivity index is 1.61. The van der Waals surface area contributed by atoms with Crippen LogP contribution in [0.5, 0.6) is 0 Å². The Bertz CT molecular complexity index is 668. The molecule has 1 aromatic rings. The van der Waals surface area contributed by atoms with Gasteiger partial charge in [0.05, 0.1) is 0 Å². The molecule has 25 heavy (non-hydrogen) atoms. The highest BCUT2D eigenvalue weighted by Crippen LogP contribution is 2.25. The lowest BCUT2D eigenvalue weighted by Crippen LogP contribution is -2.40. The van der Waals surface area contributed by atoms with Crippen molar-refractivity contribution in [3.63, 3.8) is 0 Å². The Morgan fingerprint density at radius 3 is 2.56 bits per heavy atom. The largest absolute Gasteiger partial charge is 0.344 e. The molecule has 0 radical (unpaired) electrons. The fourth-order valence-electron chi connectivity index (χ4n) is 3.55. The van der Waals surface area contributed by atoms with Crippen molar-refractivity contribution in [2.45, 2.75) is 44.6 Å². The van der Waals surface area contributed by atoms with E-state index in [9.17, 15) is 14.4 Å². The molecule has 134 valence electrons. The number of anilines is 1. The van der Waals surface area contributed by atoms with Crippen LogP contribution in [0.3, 0.4) is 0 Å². The molecule has 1 saturated carbocycles. The van der Waals surface area contributed by atoms with Crippen LogP contribution >= 0.6 is 0 Å². The lowest BCUT2D eigenvalue weighted by molar-refractivity contribution is -0.128. The summed E-state index contributed by atoms with van der Waals surface area (Å²) in [5, 5.41) is 5.70. The zero-order valence-electron chi connectivity index (χ0n) is 14.6. The summed E-state index contributed by atoms with van der Waals surface area (Å²) in [5.41, 5.74) is 1.07. The molecule has 0 aromatic heterocycles. The predicted octanol–water partition coefficient (Wildman–Crippen LogP) is 2.17. The van der Waals surface area contributed by atoms with Crippen LogP contribution in [0.4, 0.5) is 5.69 Å². The second-order valence-corrected chi connectivity index (χ2v) is 6.98. The molecule has 1 aliphatic heterocycles. The maximum absolute atomic E-state index is 12.4. The Morgan fingerprint density at radius 2 is 1.88 bits per heavy atom. The van der Waals surface area contributed by atoms with Crippen molar-refractivity contribution in [2.75, 3.05) is 18.9 Å².